The summed E-state index contributed by atoms with van der Waals surface area (Å²) in [6.07, 6.45) is 4.29. The fraction of sp³-hybridized carbons (Fsp3) is 0.375. The van der Waals surface area contributed by atoms with Gasteiger partial charge in [0, 0.05) is 29.3 Å². The van der Waals surface area contributed by atoms with E-state index in [0.29, 0.717) is 17.0 Å². The number of rotatable bonds is 6. The Kier molecular flexibility index (Phi) is 3.97. The van der Waals surface area contributed by atoms with Crippen LogP contribution in [0.15, 0.2) is 35.6 Å². The third kappa shape index (κ3) is 3.01. The Morgan fingerprint density at radius 1 is 1.38 bits per heavy atom. The fourth-order valence-electron chi connectivity index (χ4n) is 2.71. The molecule has 0 atom stereocenters. The summed E-state index contributed by atoms with van der Waals surface area (Å²) >= 11 is 1.37. The van der Waals surface area contributed by atoms with Gasteiger partial charge in [0.1, 0.15) is 0 Å². The maximum absolute atomic E-state index is 12.2. The molecule has 1 saturated carbocycles. The molecule has 1 aromatic carbocycles. The maximum atomic E-state index is 12.2. The van der Waals surface area contributed by atoms with E-state index in [1.807, 2.05) is 22.9 Å². The number of nitrogens with zero attached hydrogens (tertiary/aromatic N) is 5. The Morgan fingerprint density at radius 2 is 2.25 bits per heavy atom. The van der Waals surface area contributed by atoms with Crippen molar-refractivity contribution in [1.29, 1.82) is 0 Å². The molecule has 1 aliphatic carbocycles. The van der Waals surface area contributed by atoms with Crippen LogP contribution in [0, 0.1) is 0 Å². The van der Waals surface area contributed by atoms with Crippen molar-refractivity contribution in [2.75, 3.05) is 11.1 Å². The monoisotopic (exact) mass is 342 g/mol. The van der Waals surface area contributed by atoms with Crippen molar-refractivity contribution in [3.63, 3.8) is 0 Å². The first-order valence-electron chi connectivity index (χ1n) is 8.04. The van der Waals surface area contributed by atoms with E-state index < -0.39 is 0 Å². The van der Waals surface area contributed by atoms with Crippen LogP contribution < -0.4 is 5.32 Å². The van der Waals surface area contributed by atoms with Crippen LogP contribution >= 0.6 is 11.8 Å². The van der Waals surface area contributed by atoms with Crippen LogP contribution in [0.1, 0.15) is 25.8 Å². The van der Waals surface area contributed by atoms with Gasteiger partial charge in [0.2, 0.25) is 11.1 Å². The zero-order valence-corrected chi connectivity index (χ0v) is 14.2. The summed E-state index contributed by atoms with van der Waals surface area (Å²) < 4.78 is 3.99. The zero-order valence-electron chi connectivity index (χ0n) is 13.3. The average molecular weight is 342 g/mol. The molecule has 1 amide bonds. The minimum absolute atomic E-state index is 0.0559. The normalized spacial score (nSPS) is 14.2. The van der Waals surface area contributed by atoms with Crippen LogP contribution in [-0.4, -0.2) is 36.4 Å². The quantitative estimate of drug-likeness (QED) is 0.697. The highest BCUT2D eigenvalue weighted by Gasteiger charge is 2.28. The molecule has 24 heavy (non-hydrogen) atoms. The van der Waals surface area contributed by atoms with Crippen LogP contribution in [0.4, 0.5) is 5.69 Å². The molecular weight excluding hydrogens is 324 g/mol. The van der Waals surface area contributed by atoms with Crippen LogP contribution in [0.25, 0.3) is 10.9 Å². The molecule has 2 heterocycles. The van der Waals surface area contributed by atoms with Gasteiger partial charge in [-0.05, 0) is 54.5 Å². The minimum atomic E-state index is -0.0559. The lowest BCUT2D eigenvalue weighted by molar-refractivity contribution is -0.113. The van der Waals surface area contributed by atoms with Crippen molar-refractivity contribution < 1.29 is 4.79 Å². The number of anilines is 1. The molecule has 124 valence electrons. The number of thioether (sulfide) groups is 1. The van der Waals surface area contributed by atoms with Crippen molar-refractivity contribution in [1.82, 2.24) is 24.8 Å². The van der Waals surface area contributed by atoms with Gasteiger partial charge in [0.15, 0.2) is 0 Å². The SMILES string of the molecule is CCn1ccc2cc(NC(=O)CSc3nnnn3C3CC3)ccc21. The van der Waals surface area contributed by atoms with E-state index in [4.69, 9.17) is 0 Å². The first kappa shape index (κ1) is 15.2. The van der Waals surface area contributed by atoms with Gasteiger partial charge in [-0.3, -0.25) is 4.79 Å². The van der Waals surface area contributed by atoms with Gasteiger partial charge in [-0.25, -0.2) is 4.68 Å². The largest absolute Gasteiger partial charge is 0.348 e. The number of carbonyl (C=O) groups is 1. The number of amides is 1. The molecular formula is C16H18N6OS. The number of fused-ring (bicyclic) bond motifs is 1. The predicted octanol–water partition coefficient (Wildman–Crippen LogP) is 2.71. The lowest BCUT2D eigenvalue weighted by atomic mass is 10.2. The number of tetrazole rings is 1. The molecule has 1 fully saturated rings. The molecule has 0 aliphatic heterocycles. The van der Waals surface area contributed by atoms with Crippen molar-refractivity contribution in [2.45, 2.75) is 37.5 Å². The highest BCUT2D eigenvalue weighted by Crippen LogP contribution is 2.36. The molecule has 0 spiro atoms. The summed E-state index contributed by atoms with van der Waals surface area (Å²) in [5.74, 6) is 0.237. The molecule has 0 unspecified atom stereocenters. The van der Waals surface area contributed by atoms with Crippen molar-refractivity contribution >= 4 is 34.3 Å². The Bertz CT molecular complexity index is 882. The molecule has 0 saturated heterocycles. The first-order chi connectivity index (χ1) is 11.7. The number of aryl methyl sites for hydroxylation is 1. The fourth-order valence-corrected chi connectivity index (χ4v) is 3.45. The van der Waals surface area contributed by atoms with Crippen molar-refractivity contribution in [3.8, 4) is 0 Å². The summed E-state index contributed by atoms with van der Waals surface area (Å²) in [4.78, 5) is 12.2. The molecule has 1 aliphatic rings. The average Bonchev–Trinajstić information content (AvgIpc) is 3.18. The highest BCUT2D eigenvalue weighted by atomic mass is 32.2. The minimum Gasteiger partial charge on any atom is -0.348 e. The zero-order chi connectivity index (χ0) is 16.5. The van der Waals surface area contributed by atoms with Crippen LogP contribution in [0.2, 0.25) is 0 Å². The lowest BCUT2D eigenvalue weighted by Gasteiger charge is -2.06. The van der Waals surface area contributed by atoms with Gasteiger partial charge in [-0.15, -0.1) is 5.10 Å². The second-order valence-electron chi connectivity index (χ2n) is 5.85. The third-order valence-corrected chi connectivity index (χ3v) is 5.02. The maximum Gasteiger partial charge on any atom is 0.234 e. The van der Waals surface area contributed by atoms with E-state index in [1.54, 1.807) is 0 Å². The van der Waals surface area contributed by atoms with Gasteiger partial charge >= 0.3 is 0 Å². The number of hydrogen-bond acceptors (Lipinski definition) is 5. The number of aromatic nitrogens is 5. The van der Waals surface area contributed by atoms with Gasteiger partial charge in [0.05, 0.1) is 11.8 Å². The van der Waals surface area contributed by atoms with Crippen LogP contribution in [0.5, 0.6) is 0 Å². The summed E-state index contributed by atoms with van der Waals surface area (Å²) in [5, 5.41) is 16.5. The number of hydrogen-bond donors (Lipinski definition) is 1. The third-order valence-electron chi connectivity index (χ3n) is 4.08. The number of nitrogens with one attached hydrogen (secondary N) is 1. The van der Waals surface area contributed by atoms with E-state index >= 15 is 0 Å². The predicted molar refractivity (Wildman–Crippen MR) is 93.1 cm³/mol. The number of carbonyl (C=O) groups excluding carboxylic acids is 1. The van der Waals surface area contributed by atoms with Crippen LogP contribution in [-0.2, 0) is 11.3 Å². The van der Waals surface area contributed by atoms with E-state index in [9.17, 15) is 4.79 Å². The topological polar surface area (TPSA) is 77.6 Å². The van der Waals surface area contributed by atoms with Gasteiger partial charge in [0.25, 0.3) is 0 Å². The van der Waals surface area contributed by atoms with Crippen molar-refractivity contribution in [3.05, 3.63) is 30.5 Å². The molecule has 0 radical (unpaired) electrons. The second kappa shape index (κ2) is 6.27. The second-order valence-corrected chi connectivity index (χ2v) is 6.79. The van der Waals surface area contributed by atoms with E-state index in [1.165, 1.54) is 17.3 Å². The Morgan fingerprint density at radius 3 is 3.04 bits per heavy atom. The molecule has 4 rings (SSSR count). The summed E-state index contributed by atoms with van der Waals surface area (Å²) in [6, 6.07) is 8.45. The van der Waals surface area contributed by atoms with Gasteiger partial charge in [-0.2, -0.15) is 0 Å². The lowest BCUT2D eigenvalue weighted by Crippen LogP contribution is -2.14. The van der Waals surface area contributed by atoms with Crippen LogP contribution in [0.3, 0.4) is 0 Å². The first-order valence-corrected chi connectivity index (χ1v) is 9.02. The molecule has 8 heteroatoms. The van der Waals surface area contributed by atoms with E-state index in [0.717, 1.165) is 30.5 Å². The Hall–Kier alpha value is -2.35. The van der Waals surface area contributed by atoms with Gasteiger partial charge < -0.3 is 9.88 Å². The van der Waals surface area contributed by atoms with Crippen molar-refractivity contribution in [2.24, 2.45) is 0 Å². The molecule has 1 N–H and O–H groups in total. The summed E-state index contributed by atoms with van der Waals surface area (Å²) in [5.41, 5.74) is 1.98. The van der Waals surface area contributed by atoms with Gasteiger partial charge in [-0.1, -0.05) is 11.8 Å². The highest BCUT2D eigenvalue weighted by molar-refractivity contribution is 7.99. The molecule has 7 nitrogen and oxygen atoms in total. The van der Waals surface area contributed by atoms with E-state index in [-0.39, 0.29) is 5.91 Å². The summed E-state index contributed by atoms with van der Waals surface area (Å²) in [6.45, 7) is 3.04. The Labute approximate surface area is 143 Å². The Balaban J connectivity index is 1.39. The smallest absolute Gasteiger partial charge is 0.234 e. The standard InChI is InChI=1S/C16H18N6OS/c1-2-21-8-7-11-9-12(3-6-14(11)21)17-15(23)10-24-16-18-19-20-22(16)13-4-5-13/h3,6-9,13H,2,4-5,10H2,1H3,(H,17,23). The summed E-state index contributed by atoms with van der Waals surface area (Å²) in [7, 11) is 0. The number of benzene rings is 1. The molecule has 0 bridgehead atoms. The molecule has 2 aromatic heterocycles. The molecule has 3 aromatic rings. The van der Waals surface area contributed by atoms with E-state index in [2.05, 4.69) is 44.6 Å².